The van der Waals surface area contributed by atoms with Gasteiger partial charge in [0.2, 0.25) is 0 Å². The Kier molecular flexibility index (Phi) is 5.36. The SMILES string of the molecule is Cc1ccc2nc(N3CCS(=O)(=O)c4ccccc4C3)cc(OC3CCN(C(=O)O)C3)c2c1. The first-order valence-corrected chi connectivity index (χ1v) is 12.6. The molecule has 0 spiro atoms. The lowest BCUT2D eigenvalue weighted by atomic mass is 10.1. The molecule has 0 saturated carbocycles. The molecule has 0 bridgehead atoms. The second kappa shape index (κ2) is 8.22. The number of anilines is 1. The van der Waals surface area contributed by atoms with E-state index in [4.69, 9.17) is 9.72 Å². The van der Waals surface area contributed by atoms with Crippen molar-refractivity contribution in [2.24, 2.45) is 0 Å². The zero-order valence-corrected chi connectivity index (χ0v) is 19.1. The van der Waals surface area contributed by atoms with Gasteiger partial charge in [-0.2, -0.15) is 0 Å². The molecule has 1 fully saturated rings. The molecule has 1 N–H and O–H groups in total. The Morgan fingerprint density at radius 1 is 1.15 bits per heavy atom. The van der Waals surface area contributed by atoms with E-state index in [0.29, 0.717) is 49.1 Å². The van der Waals surface area contributed by atoms with Gasteiger partial charge in [0.25, 0.3) is 0 Å². The van der Waals surface area contributed by atoms with Crippen molar-refractivity contribution in [3.05, 3.63) is 59.7 Å². The van der Waals surface area contributed by atoms with E-state index in [1.807, 2.05) is 48.2 Å². The van der Waals surface area contributed by atoms with Crippen molar-refractivity contribution < 1.29 is 23.1 Å². The van der Waals surface area contributed by atoms with Crippen molar-refractivity contribution in [2.75, 3.05) is 30.3 Å². The van der Waals surface area contributed by atoms with Crippen molar-refractivity contribution in [3.8, 4) is 5.75 Å². The van der Waals surface area contributed by atoms with Crippen LogP contribution in [0.4, 0.5) is 10.6 Å². The highest BCUT2D eigenvalue weighted by molar-refractivity contribution is 7.91. The average Bonchev–Trinajstić information content (AvgIpc) is 3.21. The van der Waals surface area contributed by atoms with Crippen LogP contribution < -0.4 is 9.64 Å². The van der Waals surface area contributed by atoms with Gasteiger partial charge in [-0.3, -0.25) is 0 Å². The number of rotatable bonds is 3. The summed E-state index contributed by atoms with van der Waals surface area (Å²) in [5.41, 5.74) is 2.56. The fourth-order valence-electron chi connectivity index (χ4n) is 4.49. The lowest BCUT2D eigenvalue weighted by molar-refractivity contribution is 0.146. The summed E-state index contributed by atoms with van der Waals surface area (Å²) in [6, 6.07) is 14.9. The number of fused-ring (bicyclic) bond motifs is 2. The monoisotopic (exact) mass is 467 g/mol. The maximum Gasteiger partial charge on any atom is 0.407 e. The molecule has 9 heteroatoms. The minimum Gasteiger partial charge on any atom is -0.488 e. The zero-order chi connectivity index (χ0) is 23.2. The Balaban J connectivity index is 1.53. The van der Waals surface area contributed by atoms with Crippen LogP contribution in [0, 0.1) is 6.92 Å². The van der Waals surface area contributed by atoms with Gasteiger partial charge in [-0.15, -0.1) is 0 Å². The summed E-state index contributed by atoms with van der Waals surface area (Å²) < 4.78 is 31.9. The fourth-order valence-corrected chi connectivity index (χ4v) is 5.99. The molecule has 0 aliphatic carbocycles. The molecule has 3 heterocycles. The molecule has 3 aromatic rings. The number of likely N-dealkylation sites (tertiary alicyclic amines) is 1. The number of aryl methyl sites for hydroxylation is 1. The largest absolute Gasteiger partial charge is 0.488 e. The van der Waals surface area contributed by atoms with Crippen molar-refractivity contribution in [3.63, 3.8) is 0 Å². The molecule has 172 valence electrons. The van der Waals surface area contributed by atoms with Crippen molar-refractivity contribution in [2.45, 2.75) is 30.9 Å². The molecular weight excluding hydrogens is 442 g/mol. The van der Waals surface area contributed by atoms with Crippen LogP contribution in [0.5, 0.6) is 5.75 Å². The number of nitrogens with zero attached hydrogens (tertiary/aromatic N) is 3. The topological polar surface area (TPSA) is 100 Å². The van der Waals surface area contributed by atoms with Gasteiger partial charge in [0.1, 0.15) is 17.7 Å². The van der Waals surface area contributed by atoms with Crippen LogP contribution in [0.25, 0.3) is 10.9 Å². The molecule has 1 atom stereocenters. The maximum absolute atomic E-state index is 12.8. The normalized spacial score (nSPS) is 19.8. The number of sulfone groups is 1. The van der Waals surface area contributed by atoms with Crippen LogP contribution in [0.1, 0.15) is 17.5 Å². The Labute approximate surface area is 192 Å². The minimum absolute atomic E-state index is 0.00398. The third-order valence-electron chi connectivity index (χ3n) is 6.24. The second-order valence-electron chi connectivity index (χ2n) is 8.60. The molecule has 0 radical (unpaired) electrons. The number of hydrogen-bond acceptors (Lipinski definition) is 6. The molecule has 1 unspecified atom stereocenters. The first kappa shape index (κ1) is 21.5. The first-order valence-electron chi connectivity index (χ1n) is 10.9. The Morgan fingerprint density at radius 2 is 1.97 bits per heavy atom. The maximum atomic E-state index is 12.8. The van der Waals surface area contributed by atoms with Crippen LogP contribution in [-0.2, 0) is 16.4 Å². The number of aromatic nitrogens is 1. The van der Waals surface area contributed by atoms with E-state index in [-0.39, 0.29) is 11.9 Å². The van der Waals surface area contributed by atoms with Crippen molar-refractivity contribution in [1.82, 2.24) is 9.88 Å². The molecule has 1 aromatic heterocycles. The highest BCUT2D eigenvalue weighted by Crippen LogP contribution is 2.34. The van der Waals surface area contributed by atoms with E-state index in [0.717, 1.165) is 22.0 Å². The number of ether oxygens (including phenoxy) is 1. The number of carboxylic acid groups (broad SMARTS) is 1. The molecule has 2 aliphatic rings. The molecule has 2 aliphatic heterocycles. The van der Waals surface area contributed by atoms with Crippen LogP contribution >= 0.6 is 0 Å². The lowest BCUT2D eigenvalue weighted by Gasteiger charge is -2.24. The molecule has 33 heavy (non-hydrogen) atoms. The number of carbonyl (C=O) groups is 1. The van der Waals surface area contributed by atoms with Gasteiger partial charge < -0.3 is 19.6 Å². The fraction of sp³-hybridized carbons (Fsp3) is 0.333. The summed E-state index contributed by atoms with van der Waals surface area (Å²) in [4.78, 5) is 19.8. The summed E-state index contributed by atoms with van der Waals surface area (Å²) in [5.74, 6) is 1.28. The summed E-state index contributed by atoms with van der Waals surface area (Å²) in [5, 5.41) is 10.1. The summed E-state index contributed by atoms with van der Waals surface area (Å²) >= 11 is 0. The van der Waals surface area contributed by atoms with E-state index >= 15 is 0 Å². The highest BCUT2D eigenvalue weighted by atomic mass is 32.2. The highest BCUT2D eigenvalue weighted by Gasteiger charge is 2.29. The van der Waals surface area contributed by atoms with Crippen molar-refractivity contribution in [1.29, 1.82) is 0 Å². The predicted octanol–water partition coefficient (Wildman–Crippen LogP) is 3.47. The van der Waals surface area contributed by atoms with Crippen LogP contribution in [-0.4, -0.2) is 61.0 Å². The summed E-state index contributed by atoms with van der Waals surface area (Å²) in [6.07, 6.45) is -0.570. The minimum atomic E-state index is -3.37. The number of benzene rings is 2. The van der Waals surface area contributed by atoms with E-state index in [2.05, 4.69) is 0 Å². The molecular formula is C24H25N3O5S. The molecule has 5 rings (SSSR count). The van der Waals surface area contributed by atoms with Crippen LogP contribution in [0.15, 0.2) is 53.4 Å². The third kappa shape index (κ3) is 4.20. The second-order valence-corrected chi connectivity index (χ2v) is 10.7. The number of amides is 1. The van der Waals surface area contributed by atoms with Crippen LogP contribution in [0.3, 0.4) is 0 Å². The summed E-state index contributed by atoms with van der Waals surface area (Å²) in [6.45, 7) is 3.49. The van der Waals surface area contributed by atoms with Crippen molar-refractivity contribution >= 4 is 32.7 Å². The van der Waals surface area contributed by atoms with Crippen LogP contribution in [0.2, 0.25) is 0 Å². The predicted molar refractivity (Wildman–Crippen MR) is 125 cm³/mol. The van der Waals surface area contributed by atoms with Gasteiger partial charge in [0.15, 0.2) is 9.84 Å². The van der Waals surface area contributed by atoms with E-state index in [1.165, 1.54) is 4.90 Å². The Hall–Kier alpha value is -3.33. The van der Waals surface area contributed by atoms with E-state index in [9.17, 15) is 18.3 Å². The average molecular weight is 468 g/mol. The third-order valence-corrected chi connectivity index (χ3v) is 8.03. The molecule has 8 nitrogen and oxygen atoms in total. The van der Waals surface area contributed by atoms with Gasteiger partial charge in [-0.05, 0) is 30.7 Å². The number of hydrogen-bond donors (Lipinski definition) is 1. The molecule has 1 amide bonds. The van der Waals surface area contributed by atoms with E-state index < -0.39 is 15.9 Å². The van der Waals surface area contributed by atoms with Gasteiger partial charge >= 0.3 is 6.09 Å². The smallest absolute Gasteiger partial charge is 0.407 e. The molecule has 2 aromatic carbocycles. The van der Waals surface area contributed by atoms with Gasteiger partial charge in [0.05, 0.1) is 22.7 Å². The standard InChI is InChI=1S/C24H25N3O5S/c1-16-6-7-20-19(12-16)21(32-18-8-9-27(15-18)24(28)29)13-23(25-20)26-10-11-33(30,31)22-5-3-2-4-17(22)14-26/h2-7,12-13,18H,8-11,14-15H2,1H3,(H,28,29). The quantitative estimate of drug-likeness (QED) is 0.630. The molecule has 1 saturated heterocycles. The van der Waals surface area contributed by atoms with Gasteiger partial charge in [-0.25, -0.2) is 18.2 Å². The summed E-state index contributed by atoms with van der Waals surface area (Å²) in [7, 11) is -3.37. The number of pyridine rings is 1. The zero-order valence-electron chi connectivity index (χ0n) is 18.3. The van der Waals surface area contributed by atoms with E-state index in [1.54, 1.807) is 12.1 Å². The Bertz CT molecular complexity index is 1340. The lowest BCUT2D eigenvalue weighted by Crippen LogP contribution is -2.29. The Morgan fingerprint density at radius 3 is 2.76 bits per heavy atom. The van der Waals surface area contributed by atoms with Gasteiger partial charge in [-0.1, -0.05) is 29.8 Å². The first-order chi connectivity index (χ1) is 15.8. The van der Waals surface area contributed by atoms with Gasteiger partial charge in [0, 0.05) is 37.5 Å².